The largest absolute Gasteiger partial charge is 0.347 e. The Morgan fingerprint density at radius 1 is 0.545 bits per heavy atom. The molecule has 0 bridgehead atoms. The van der Waals surface area contributed by atoms with Gasteiger partial charge in [-0.25, -0.2) is 4.79 Å². The molecule has 1 aliphatic carbocycles. The number of carbonyl (C=O) groups excluding carboxylic acids is 3. The summed E-state index contributed by atoms with van der Waals surface area (Å²) < 4.78 is 0. The zero-order chi connectivity index (χ0) is 31.7. The van der Waals surface area contributed by atoms with Crippen LogP contribution in [0.5, 0.6) is 0 Å². The van der Waals surface area contributed by atoms with Crippen LogP contribution in [0.1, 0.15) is 51.7 Å². The normalized spacial score (nSPS) is 24.6. The van der Waals surface area contributed by atoms with Gasteiger partial charge in [0.2, 0.25) is 0 Å². The minimum atomic E-state index is -0.623. The lowest BCUT2D eigenvalue weighted by Gasteiger charge is -2.30. The summed E-state index contributed by atoms with van der Waals surface area (Å²) in [4.78, 5) is 46.3. The number of fused-ring (bicyclic) bond motifs is 2. The van der Waals surface area contributed by atoms with Crippen LogP contribution in [-0.2, 0) is 20.4 Å². The van der Waals surface area contributed by atoms with Crippen LogP contribution in [0, 0.1) is 0 Å². The van der Waals surface area contributed by atoms with Crippen molar-refractivity contribution in [3.8, 4) is 0 Å². The fraction of sp³-hybridized carbons (Fsp3) is 0.324. The molecule has 0 atom stereocenters. The van der Waals surface area contributed by atoms with E-state index < -0.39 is 17.8 Å². The molecule has 44 heavy (non-hydrogen) atoms. The molecule has 4 aliphatic rings. The van der Waals surface area contributed by atoms with Crippen LogP contribution >= 0.6 is 0 Å². The van der Waals surface area contributed by atoms with Gasteiger partial charge < -0.3 is 9.80 Å². The Kier molecular flexibility index (Phi) is 6.83. The molecule has 3 heterocycles. The molecule has 2 aromatic carbocycles. The molecule has 4 amide bonds. The smallest absolute Gasteiger partial charge is 0.333 e. The summed E-state index contributed by atoms with van der Waals surface area (Å²) in [6, 6.07) is 16.2. The van der Waals surface area contributed by atoms with Gasteiger partial charge >= 0.3 is 6.03 Å². The average molecular weight is 589 g/mol. The maximum absolute atomic E-state index is 13.6. The molecule has 0 spiro atoms. The number of imide groups is 2. The van der Waals surface area contributed by atoms with Crippen molar-refractivity contribution in [1.82, 2.24) is 9.80 Å². The summed E-state index contributed by atoms with van der Waals surface area (Å²) >= 11 is 0. The number of hydrogen-bond donors (Lipinski definition) is 0. The monoisotopic (exact) mass is 588 g/mol. The number of barbiturate groups is 1. The molecule has 0 aromatic heterocycles. The van der Waals surface area contributed by atoms with Gasteiger partial charge in [-0.2, -0.15) is 0 Å². The number of amides is 4. The van der Waals surface area contributed by atoms with E-state index in [0.717, 1.165) is 32.3 Å². The number of carbonyl (C=O) groups is 3. The molecule has 7 heteroatoms. The number of urea groups is 1. The molecule has 2 aromatic rings. The predicted octanol–water partition coefficient (Wildman–Crippen LogP) is 6.60. The van der Waals surface area contributed by atoms with Crippen molar-refractivity contribution >= 4 is 29.2 Å². The Hall–Kier alpha value is -4.65. The van der Waals surface area contributed by atoms with Crippen LogP contribution in [-0.4, -0.2) is 55.8 Å². The van der Waals surface area contributed by atoms with Crippen molar-refractivity contribution in [3.05, 3.63) is 118 Å². The molecule has 0 unspecified atom stereocenters. The number of nitrogens with zero attached hydrogens (tertiary/aromatic N) is 4. The molecule has 7 nitrogen and oxygen atoms in total. The Morgan fingerprint density at radius 2 is 0.932 bits per heavy atom. The van der Waals surface area contributed by atoms with Gasteiger partial charge in [0, 0.05) is 61.8 Å². The van der Waals surface area contributed by atoms with Crippen molar-refractivity contribution in [1.29, 1.82) is 0 Å². The summed E-state index contributed by atoms with van der Waals surface area (Å²) in [7, 11) is 7.01. The predicted molar refractivity (Wildman–Crippen MR) is 175 cm³/mol. The molecule has 6 rings (SSSR count). The number of benzene rings is 2. The van der Waals surface area contributed by atoms with E-state index in [1.165, 1.54) is 36.6 Å². The number of hydrogen-bond acceptors (Lipinski definition) is 5. The lowest BCUT2D eigenvalue weighted by Crippen LogP contribution is -2.53. The average Bonchev–Trinajstić information content (AvgIpc) is 3.55. The fourth-order valence-electron chi connectivity index (χ4n) is 7.38. The van der Waals surface area contributed by atoms with Crippen molar-refractivity contribution < 1.29 is 14.4 Å². The van der Waals surface area contributed by atoms with Crippen molar-refractivity contribution in [3.63, 3.8) is 0 Å². The molecule has 0 radical (unpaired) electrons. The van der Waals surface area contributed by atoms with E-state index in [4.69, 9.17) is 0 Å². The second kappa shape index (κ2) is 10.2. The summed E-state index contributed by atoms with van der Waals surface area (Å²) in [6.45, 7) is 8.86. The highest BCUT2D eigenvalue weighted by atomic mass is 16.2. The van der Waals surface area contributed by atoms with Gasteiger partial charge in [-0.05, 0) is 65.0 Å². The number of likely N-dealkylation sites (N-methyl/N-ethyl adjacent to an activating group) is 4. The van der Waals surface area contributed by atoms with Gasteiger partial charge in [0.25, 0.3) is 11.8 Å². The van der Waals surface area contributed by atoms with Crippen LogP contribution in [0.15, 0.2) is 107 Å². The zero-order valence-corrected chi connectivity index (χ0v) is 26.9. The zero-order valence-electron chi connectivity index (χ0n) is 26.9. The molecule has 3 aliphatic heterocycles. The standard InChI is InChI=1S/C37H40N4O3/c1-36(2)25-13-9-11-15-27(25)38(5)29(36)21-19-23-17-18-24(31(23)32-33(42)40(7)35(44)41(8)34(32)43)20-22-30-37(3,4)26-14-10-12-16-28(26)39(30)6/h9-16,19-22H,17-18H2,1-8H3/b23-19+,24-20+,29-21+,30-22+. The van der Waals surface area contributed by atoms with Crippen LogP contribution in [0.4, 0.5) is 16.2 Å². The molecule has 2 fully saturated rings. The van der Waals surface area contributed by atoms with Gasteiger partial charge in [-0.15, -0.1) is 0 Å². The van der Waals surface area contributed by atoms with E-state index in [2.05, 4.69) is 112 Å². The highest BCUT2D eigenvalue weighted by molar-refractivity contribution is 6.29. The fourth-order valence-corrected chi connectivity index (χ4v) is 7.38. The Balaban J connectivity index is 1.49. The topological polar surface area (TPSA) is 64.2 Å². The highest BCUT2D eigenvalue weighted by Crippen LogP contribution is 2.49. The number of anilines is 2. The first kappa shape index (κ1) is 29.4. The van der Waals surface area contributed by atoms with Crippen LogP contribution in [0.25, 0.3) is 0 Å². The third-order valence-electron chi connectivity index (χ3n) is 9.93. The number of para-hydroxylation sites is 2. The summed E-state index contributed by atoms with van der Waals surface area (Å²) in [5.74, 6) is -1.13. The van der Waals surface area contributed by atoms with Gasteiger partial charge in [0.05, 0.1) is 0 Å². The van der Waals surface area contributed by atoms with Gasteiger partial charge in [0.15, 0.2) is 0 Å². The lowest BCUT2D eigenvalue weighted by molar-refractivity contribution is -0.134. The highest BCUT2D eigenvalue weighted by Gasteiger charge is 2.43. The summed E-state index contributed by atoms with van der Waals surface area (Å²) in [5.41, 5.74) is 9.20. The number of rotatable bonds is 2. The van der Waals surface area contributed by atoms with Crippen molar-refractivity contribution in [2.24, 2.45) is 0 Å². The third kappa shape index (κ3) is 4.20. The van der Waals surface area contributed by atoms with E-state index >= 15 is 0 Å². The quantitative estimate of drug-likeness (QED) is 0.292. The van der Waals surface area contributed by atoms with Crippen LogP contribution < -0.4 is 9.80 Å². The van der Waals surface area contributed by atoms with Crippen LogP contribution in [0.3, 0.4) is 0 Å². The molecule has 226 valence electrons. The third-order valence-corrected chi connectivity index (χ3v) is 9.93. The lowest BCUT2D eigenvalue weighted by atomic mass is 9.83. The number of allylic oxidation sites excluding steroid dienone is 9. The molecular formula is C37H40N4O3. The van der Waals surface area contributed by atoms with Gasteiger partial charge in [-0.1, -0.05) is 76.2 Å². The molecular weight excluding hydrogens is 548 g/mol. The van der Waals surface area contributed by atoms with Crippen molar-refractivity contribution in [2.45, 2.75) is 51.4 Å². The van der Waals surface area contributed by atoms with E-state index in [0.29, 0.717) is 18.4 Å². The first-order chi connectivity index (χ1) is 20.8. The van der Waals surface area contributed by atoms with E-state index in [1.54, 1.807) is 0 Å². The minimum absolute atomic E-state index is 0.0473. The SMILES string of the molecule is CN1C(=O)C(=C2/C(=C/C=C3/N(C)c4ccccc4C3(C)C)CC/C2=C\C=C2\N(C)c3ccccc3C2(C)C)C(=O)N(C)C1=O. The maximum Gasteiger partial charge on any atom is 0.333 e. The van der Waals surface area contributed by atoms with Gasteiger partial charge in [-0.3, -0.25) is 19.4 Å². The van der Waals surface area contributed by atoms with Crippen LogP contribution in [0.2, 0.25) is 0 Å². The molecule has 1 saturated heterocycles. The molecule has 0 N–H and O–H groups in total. The second-order valence-corrected chi connectivity index (χ2v) is 13.2. The van der Waals surface area contributed by atoms with E-state index in [1.807, 2.05) is 12.1 Å². The van der Waals surface area contributed by atoms with Gasteiger partial charge in [0.1, 0.15) is 5.57 Å². The van der Waals surface area contributed by atoms with E-state index in [-0.39, 0.29) is 16.4 Å². The van der Waals surface area contributed by atoms with Crippen molar-refractivity contribution in [2.75, 3.05) is 38.0 Å². The summed E-state index contributed by atoms with van der Waals surface area (Å²) in [6.07, 6.45) is 9.73. The maximum atomic E-state index is 13.6. The Bertz CT molecular complexity index is 1660. The Labute approximate surface area is 260 Å². The molecule has 1 saturated carbocycles. The first-order valence-electron chi connectivity index (χ1n) is 15.1. The minimum Gasteiger partial charge on any atom is -0.347 e. The second-order valence-electron chi connectivity index (χ2n) is 13.2. The van der Waals surface area contributed by atoms with E-state index in [9.17, 15) is 14.4 Å². The Morgan fingerprint density at radius 3 is 1.32 bits per heavy atom. The first-order valence-corrected chi connectivity index (χ1v) is 15.1. The summed E-state index contributed by atoms with van der Waals surface area (Å²) in [5, 5.41) is 0.